The summed E-state index contributed by atoms with van der Waals surface area (Å²) in [7, 11) is 1.25. The third kappa shape index (κ3) is 5.44. The molecule has 4 rings (SSSR count). The van der Waals surface area contributed by atoms with Crippen LogP contribution in [0.4, 0.5) is 5.69 Å². The van der Waals surface area contributed by atoms with Crippen LogP contribution < -0.4 is 5.32 Å². The first kappa shape index (κ1) is 25.1. The van der Waals surface area contributed by atoms with E-state index in [0.29, 0.717) is 27.4 Å². The molecule has 9 heteroatoms. The van der Waals surface area contributed by atoms with Crippen LogP contribution in [0.15, 0.2) is 60.8 Å². The first-order valence-electron chi connectivity index (χ1n) is 11.3. The Hall–Kier alpha value is -4.04. The standard InChI is InChI=1S/C27H24ClN3O5/c1-16(32)30-23-11-17(6-8-22(23)27(35)36-2)15-31-24(14-20-5-3-4-10-29-20)25(33)13-18-12-19(28)7-9-21(18)26(31)34/h3-12,24H,13-15H2,1-2H3,(H,30,32)/t24-/m1/s1. The second-order valence-corrected chi connectivity index (χ2v) is 8.91. The van der Waals surface area contributed by atoms with Gasteiger partial charge in [-0.1, -0.05) is 23.7 Å². The Morgan fingerprint density at radius 3 is 2.64 bits per heavy atom. The molecule has 0 aliphatic carbocycles. The van der Waals surface area contributed by atoms with Gasteiger partial charge in [0.2, 0.25) is 5.91 Å². The third-order valence-electron chi connectivity index (χ3n) is 5.95. The normalized spacial score (nSPS) is 15.2. The van der Waals surface area contributed by atoms with Gasteiger partial charge in [0, 0.05) is 48.8 Å². The number of methoxy groups -OCH3 is 1. The number of halogens is 1. The minimum absolute atomic E-state index is 0.0635. The van der Waals surface area contributed by atoms with Gasteiger partial charge in [0.15, 0.2) is 5.78 Å². The quantitative estimate of drug-likeness (QED) is 0.510. The fraction of sp³-hybridized carbons (Fsp3) is 0.222. The molecule has 1 aliphatic rings. The lowest BCUT2D eigenvalue weighted by molar-refractivity contribution is -0.122. The number of amides is 2. The van der Waals surface area contributed by atoms with Crippen molar-refractivity contribution in [1.29, 1.82) is 0 Å². The Morgan fingerprint density at radius 2 is 1.94 bits per heavy atom. The Kier molecular flexibility index (Phi) is 7.45. The summed E-state index contributed by atoms with van der Waals surface area (Å²) >= 11 is 6.15. The number of ether oxygens (including phenoxy) is 1. The largest absolute Gasteiger partial charge is 0.465 e. The Balaban J connectivity index is 1.76. The van der Waals surface area contributed by atoms with Gasteiger partial charge in [0.25, 0.3) is 5.91 Å². The van der Waals surface area contributed by atoms with Gasteiger partial charge in [0.1, 0.15) is 0 Å². The maximum absolute atomic E-state index is 13.7. The number of fused-ring (bicyclic) bond motifs is 1. The fourth-order valence-corrected chi connectivity index (χ4v) is 4.48. The number of pyridine rings is 1. The molecule has 0 saturated heterocycles. The van der Waals surface area contributed by atoms with Crippen LogP contribution in [0.1, 0.15) is 44.5 Å². The third-order valence-corrected chi connectivity index (χ3v) is 6.19. The van der Waals surface area contributed by atoms with E-state index in [1.807, 2.05) is 12.1 Å². The molecule has 0 bridgehead atoms. The molecule has 1 aromatic heterocycles. The van der Waals surface area contributed by atoms with Crippen molar-refractivity contribution < 1.29 is 23.9 Å². The summed E-state index contributed by atoms with van der Waals surface area (Å²) in [6.07, 6.45) is 1.95. The maximum atomic E-state index is 13.7. The van der Waals surface area contributed by atoms with Gasteiger partial charge in [-0.25, -0.2) is 4.79 Å². The van der Waals surface area contributed by atoms with Crippen LogP contribution in [-0.2, 0) is 33.7 Å². The lowest BCUT2D eigenvalue weighted by Crippen LogP contribution is -2.45. The van der Waals surface area contributed by atoms with Crippen LogP contribution in [-0.4, -0.2) is 46.6 Å². The number of ketones is 1. The molecule has 0 radical (unpaired) electrons. The van der Waals surface area contributed by atoms with Crippen molar-refractivity contribution in [3.05, 3.63) is 93.8 Å². The van der Waals surface area contributed by atoms with Crippen LogP contribution in [0.2, 0.25) is 5.02 Å². The number of esters is 1. The Morgan fingerprint density at radius 1 is 1.14 bits per heavy atom. The van der Waals surface area contributed by atoms with Crippen LogP contribution in [0, 0.1) is 0 Å². The molecule has 0 spiro atoms. The van der Waals surface area contributed by atoms with E-state index in [4.69, 9.17) is 16.3 Å². The SMILES string of the molecule is COC(=O)c1ccc(CN2C(=O)c3ccc(Cl)cc3CC(=O)[C@H]2Cc2ccccn2)cc1NC(C)=O. The number of hydrogen-bond acceptors (Lipinski definition) is 6. The van der Waals surface area contributed by atoms with Gasteiger partial charge in [-0.05, 0) is 53.6 Å². The van der Waals surface area contributed by atoms with Crippen molar-refractivity contribution in [3.63, 3.8) is 0 Å². The summed E-state index contributed by atoms with van der Waals surface area (Å²) in [5.41, 5.74) is 2.72. The minimum Gasteiger partial charge on any atom is -0.465 e. The van der Waals surface area contributed by atoms with Gasteiger partial charge in [-0.2, -0.15) is 0 Å². The van der Waals surface area contributed by atoms with Gasteiger partial charge in [-0.15, -0.1) is 0 Å². The predicted octanol–water partition coefficient (Wildman–Crippen LogP) is 3.86. The van der Waals surface area contributed by atoms with Crippen LogP contribution in [0.3, 0.4) is 0 Å². The van der Waals surface area contributed by atoms with Gasteiger partial charge in [-0.3, -0.25) is 19.4 Å². The molecule has 0 unspecified atom stereocenters. The summed E-state index contributed by atoms with van der Waals surface area (Å²) in [6.45, 7) is 1.40. The minimum atomic E-state index is -0.775. The topological polar surface area (TPSA) is 106 Å². The molecule has 8 nitrogen and oxygen atoms in total. The average molecular weight is 506 g/mol. The summed E-state index contributed by atoms with van der Waals surface area (Å²) < 4.78 is 4.81. The summed E-state index contributed by atoms with van der Waals surface area (Å²) in [5, 5.41) is 3.08. The van der Waals surface area contributed by atoms with E-state index < -0.39 is 12.0 Å². The van der Waals surface area contributed by atoms with E-state index in [2.05, 4.69) is 10.3 Å². The fourth-order valence-electron chi connectivity index (χ4n) is 4.28. The average Bonchev–Trinajstić information content (AvgIpc) is 2.94. The molecule has 0 fully saturated rings. The second kappa shape index (κ2) is 10.7. The highest BCUT2D eigenvalue weighted by atomic mass is 35.5. The molecule has 2 aromatic carbocycles. The molecule has 0 saturated carbocycles. The summed E-state index contributed by atoms with van der Waals surface area (Å²) in [4.78, 5) is 57.0. The van der Waals surface area contributed by atoms with E-state index in [-0.39, 0.29) is 48.2 Å². The number of hydrogen-bond donors (Lipinski definition) is 1. The Labute approximate surface area is 213 Å². The zero-order valence-corrected chi connectivity index (χ0v) is 20.5. The highest BCUT2D eigenvalue weighted by molar-refractivity contribution is 6.30. The predicted molar refractivity (Wildman–Crippen MR) is 134 cm³/mol. The lowest BCUT2D eigenvalue weighted by Gasteiger charge is -2.29. The summed E-state index contributed by atoms with van der Waals surface area (Å²) in [5.74, 6) is -1.42. The van der Waals surface area contributed by atoms with Gasteiger partial charge >= 0.3 is 5.97 Å². The molecule has 36 heavy (non-hydrogen) atoms. The van der Waals surface area contributed by atoms with E-state index in [9.17, 15) is 19.2 Å². The van der Waals surface area contributed by atoms with Crippen molar-refractivity contribution in [2.45, 2.75) is 32.4 Å². The number of Topliss-reactive ketones (excluding diaryl/α,β-unsaturated/α-hetero) is 1. The number of benzene rings is 2. The van der Waals surface area contributed by atoms with E-state index in [0.717, 1.165) is 0 Å². The van der Waals surface area contributed by atoms with Crippen molar-refractivity contribution in [2.75, 3.05) is 12.4 Å². The molecule has 184 valence electrons. The summed E-state index contributed by atoms with van der Waals surface area (Å²) in [6, 6.07) is 14.4. The number of nitrogens with zero attached hydrogens (tertiary/aromatic N) is 2. The first-order valence-corrected chi connectivity index (χ1v) is 11.7. The van der Waals surface area contributed by atoms with Crippen LogP contribution in [0.5, 0.6) is 0 Å². The number of rotatable bonds is 6. The van der Waals surface area contributed by atoms with Crippen molar-refractivity contribution in [2.24, 2.45) is 0 Å². The van der Waals surface area contributed by atoms with Gasteiger partial charge < -0.3 is 15.0 Å². The number of anilines is 1. The molecule has 1 aliphatic heterocycles. The van der Waals surface area contributed by atoms with Crippen molar-refractivity contribution >= 4 is 40.9 Å². The molecular formula is C27H24ClN3O5. The van der Waals surface area contributed by atoms with Crippen LogP contribution in [0.25, 0.3) is 0 Å². The van der Waals surface area contributed by atoms with Crippen molar-refractivity contribution in [3.8, 4) is 0 Å². The van der Waals surface area contributed by atoms with E-state index in [1.165, 1.54) is 25.0 Å². The monoisotopic (exact) mass is 505 g/mol. The first-order chi connectivity index (χ1) is 17.3. The molecule has 2 amide bonds. The molecule has 2 heterocycles. The smallest absolute Gasteiger partial charge is 0.339 e. The van der Waals surface area contributed by atoms with Crippen LogP contribution >= 0.6 is 11.6 Å². The van der Waals surface area contributed by atoms with Gasteiger partial charge in [0.05, 0.1) is 24.4 Å². The second-order valence-electron chi connectivity index (χ2n) is 8.47. The Bertz CT molecular complexity index is 1340. The lowest BCUT2D eigenvalue weighted by atomic mass is 9.99. The molecular weight excluding hydrogens is 482 g/mol. The highest BCUT2D eigenvalue weighted by Gasteiger charge is 2.36. The highest BCUT2D eigenvalue weighted by Crippen LogP contribution is 2.28. The van der Waals surface area contributed by atoms with Crippen molar-refractivity contribution in [1.82, 2.24) is 9.88 Å². The number of carbonyl (C=O) groups excluding carboxylic acids is 4. The molecule has 1 N–H and O–H groups in total. The zero-order chi connectivity index (χ0) is 25.8. The number of nitrogens with one attached hydrogen (secondary N) is 1. The maximum Gasteiger partial charge on any atom is 0.339 e. The molecule has 1 atom stereocenters. The number of aromatic nitrogens is 1. The molecule has 3 aromatic rings. The van der Waals surface area contributed by atoms with E-state index >= 15 is 0 Å². The number of carbonyl (C=O) groups is 4. The van der Waals surface area contributed by atoms with E-state index in [1.54, 1.807) is 42.6 Å². The zero-order valence-electron chi connectivity index (χ0n) is 19.8.